The number of para-hydroxylation sites is 1. The zero-order chi connectivity index (χ0) is 22.6. The number of hydroxylamine groups is 2. The Balaban J connectivity index is 0.00000272. The number of amides is 1. The number of ether oxygens (including phenoxy) is 1. The first kappa shape index (κ1) is 27.5. The molecule has 1 heterocycles. The Morgan fingerprint density at radius 2 is 1.73 bits per heavy atom. The van der Waals surface area contributed by atoms with E-state index in [0.29, 0.717) is 5.52 Å². The molecule has 3 rings (SSSR count). The van der Waals surface area contributed by atoms with Gasteiger partial charge in [0.1, 0.15) is 6.61 Å². The number of fused-ring (bicyclic) bond motifs is 1. The van der Waals surface area contributed by atoms with E-state index in [0.717, 1.165) is 23.6 Å². The maximum absolute atomic E-state index is 12.8. The molecule has 0 bridgehead atoms. The van der Waals surface area contributed by atoms with Crippen LogP contribution in [0, 0.1) is 5.41 Å². The summed E-state index contributed by atoms with van der Waals surface area (Å²) in [6.07, 6.45) is -5.92. The van der Waals surface area contributed by atoms with Crippen LogP contribution in [0.5, 0.6) is 0 Å². The third-order valence-corrected chi connectivity index (χ3v) is 3.98. The van der Waals surface area contributed by atoms with Crippen LogP contribution in [0.2, 0.25) is 0 Å². The fourth-order valence-electron chi connectivity index (χ4n) is 2.54. The molecular weight excluding hydrogens is 488 g/mol. The highest BCUT2D eigenvalue weighted by molar-refractivity contribution is 5.95. The fraction of sp³-hybridized carbons (Fsp3) is 0.100. The number of nitrogens with two attached hydrogens (primary N) is 1. The SMILES string of the molecule is Cl.Cl.N=C(N)N(OC(=O)c1ccc2ccccc2n1)C(=O)OCc1cccc(C(F)(F)F)c1. The van der Waals surface area contributed by atoms with Crippen molar-refractivity contribution in [3.05, 3.63) is 77.5 Å². The lowest BCUT2D eigenvalue weighted by molar-refractivity contribution is -0.137. The average molecular weight is 505 g/mol. The van der Waals surface area contributed by atoms with Crippen molar-refractivity contribution in [2.45, 2.75) is 12.8 Å². The van der Waals surface area contributed by atoms with Gasteiger partial charge in [-0.1, -0.05) is 41.5 Å². The lowest BCUT2D eigenvalue weighted by atomic mass is 10.1. The van der Waals surface area contributed by atoms with Crippen molar-refractivity contribution in [1.29, 1.82) is 5.41 Å². The zero-order valence-corrected chi connectivity index (χ0v) is 18.2. The monoisotopic (exact) mass is 504 g/mol. The van der Waals surface area contributed by atoms with Gasteiger partial charge in [-0.3, -0.25) is 5.41 Å². The van der Waals surface area contributed by atoms with E-state index < -0.39 is 36.4 Å². The summed E-state index contributed by atoms with van der Waals surface area (Å²) in [5.74, 6) is -2.06. The van der Waals surface area contributed by atoms with Gasteiger partial charge in [-0.25, -0.2) is 14.6 Å². The summed E-state index contributed by atoms with van der Waals surface area (Å²) in [5.41, 5.74) is 4.73. The second-order valence-corrected chi connectivity index (χ2v) is 6.20. The summed E-state index contributed by atoms with van der Waals surface area (Å²) in [6.45, 7) is -0.571. The molecule has 0 aliphatic rings. The third kappa shape index (κ3) is 6.96. The molecule has 0 fully saturated rings. The molecule has 1 aromatic heterocycles. The van der Waals surface area contributed by atoms with Crippen LogP contribution in [-0.4, -0.2) is 28.1 Å². The highest BCUT2D eigenvalue weighted by Crippen LogP contribution is 2.29. The lowest BCUT2D eigenvalue weighted by Crippen LogP contribution is -2.43. The van der Waals surface area contributed by atoms with E-state index in [1.165, 1.54) is 12.1 Å². The molecule has 33 heavy (non-hydrogen) atoms. The van der Waals surface area contributed by atoms with Crippen molar-refractivity contribution in [3.63, 3.8) is 0 Å². The molecule has 0 aliphatic carbocycles. The van der Waals surface area contributed by atoms with Crippen molar-refractivity contribution in [3.8, 4) is 0 Å². The number of nitrogens with one attached hydrogen (secondary N) is 1. The Hall–Kier alpha value is -3.57. The largest absolute Gasteiger partial charge is 0.451 e. The summed E-state index contributed by atoms with van der Waals surface area (Å²) in [4.78, 5) is 33.4. The minimum absolute atomic E-state index is 0. The second kappa shape index (κ2) is 11.3. The van der Waals surface area contributed by atoms with Crippen LogP contribution >= 0.6 is 24.8 Å². The van der Waals surface area contributed by atoms with Gasteiger partial charge in [-0.2, -0.15) is 13.2 Å². The Labute approximate surface area is 197 Å². The molecule has 0 aliphatic heterocycles. The molecule has 0 radical (unpaired) electrons. The number of nitrogens with zero attached hydrogens (tertiary/aromatic N) is 2. The van der Waals surface area contributed by atoms with Crippen molar-refractivity contribution >= 4 is 53.7 Å². The van der Waals surface area contributed by atoms with Crippen molar-refractivity contribution in [2.75, 3.05) is 0 Å². The molecule has 13 heteroatoms. The van der Waals surface area contributed by atoms with Crippen molar-refractivity contribution in [1.82, 2.24) is 10.0 Å². The Morgan fingerprint density at radius 3 is 2.39 bits per heavy atom. The maximum Gasteiger partial charge on any atom is 0.451 e. The van der Waals surface area contributed by atoms with Crippen LogP contribution in [0.1, 0.15) is 21.6 Å². The zero-order valence-electron chi connectivity index (χ0n) is 16.5. The minimum atomic E-state index is -4.56. The number of halogens is 5. The number of alkyl halides is 3. The molecule has 0 atom stereocenters. The Kier molecular flexibility index (Phi) is 9.44. The molecule has 176 valence electrons. The van der Waals surface area contributed by atoms with Gasteiger partial charge in [0.15, 0.2) is 5.69 Å². The normalized spacial score (nSPS) is 10.4. The Morgan fingerprint density at radius 1 is 1.03 bits per heavy atom. The number of carbonyl (C=O) groups excluding carboxylic acids is 2. The van der Waals surface area contributed by atoms with Crippen LogP contribution in [0.15, 0.2) is 60.7 Å². The predicted octanol–water partition coefficient (Wildman–Crippen LogP) is 4.70. The molecule has 0 saturated carbocycles. The number of pyridine rings is 1. The second-order valence-electron chi connectivity index (χ2n) is 6.20. The van der Waals surface area contributed by atoms with E-state index >= 15 is 0 Å². The van der Waals surface area contributed by atoms with Gasteiger partial charge in [-0.05, 0) is 29.8 Å². The molecule has 8 nitrogen and oxygen atoms in total. The highest BCUT2D eigenvalue weighted by atomic mass is 35.5. The molecule has 3 aromatic rings. The molecule has 0 unspecified atom stereocenters. The van der Waals surface area contributed by atoms with Crippen LogP contribution in [0.3, 0.4) is 0 Å². The first-order valence-electron chi connectivity index (χ1n) is 8.70. The van der Waals surface area contributed by atoms with Crippen molar-refractivity contribution < 1.29 is 32.3 Å². The van der Waals surface area contributed by atoms with Gasteiger partial charge in [0.2, 0.25) is 5.96 Å². The minimum Gasteiger partial charge on any atom is -0.442 e. The van der Waals surface area contributed by atoms with E-state index in [1.54, 1.807) is 30.3 Å². The number of benzene rings is 2. The standard InChI is InChI=1S/C20H15F3N4O4.2ClH/c21-20(22,23)14-6-3-4-12(10-14)11-30-19(29)27(18(24)25)31-17(28)16-9-8-13-5-1-2-7-15(13)26-16;;/h1-10H,11H2,(H3,24,25);2*1H. The quantitative estimate of drug-likeness (QED) is 0.303. The summed E-state index contributed by atoms with van der Waals surface area (Å²) in [7, 11) is 0. The van der Waals surface area contributed by atoms with E-state index in [9.17, 15) is 22.8 Å². The van der Waals surface area contributed by atoms with Crippen LogP contribution in [0.4, 0.5) is 18.0 Å². The first-order chi connectivity index (χ1) is 14.6. The summed E-state index contributed by atoms with van der Waals surface area (Å²) in [6, 6.07) is 14.1. The van der Waals surface area contributed by atoms with E-state index in [4.69, 9.17) is 20.7 Å². The number of rotatable bonds is 3. The molecule has 3 N–H and O–H groups in total. The van der Waals surface area contributed by atoms with Gasteiger partial charge < -0.3 is 15.3 Å². The number of carbonyl (C=O) groups is 2. The van der Waals surface area contributed by atoms with Gasteiger partial charge >= 0.3 is 18.2 Å². The summed E-state index contributed by atoms with van der Waals surface area (Å²) < 4.78 is 43.2. The third-order valence-electron chi connectivity index (χ3n) is 3.98. The van der Waals surface area contributed by atoms with Crippen LogP contribution in [-0.2, 0) is 22.4 Å². The number of guanidine groups is 1. The summed E-state index contributed by atoms with van der Waals surface area (Å²) >= 11 is 0. The Bertz CT molecular complexity index is 1160. The highest BCUT2D eigenvalue weighted by Gasteiger charge is 2.30. The first-order valence-corrected chi connectivity index (χ1v) is 8.70. The topological polar surface area (TPSA) is 119 Å². The average Bonchev–Trinajstić information content (AvgIpc) is 2.74. The van der Waals surface area contributed by atoms with E-state index in [1.807, 2.05) is 0 Å². The van der Waals surface area contributed by atoms with Crippen LogP contribution < -0.4 is 5.73 Å². The number of aromatic nitrogens is 1. The maximum atomic E-state index is 12.8. The van der Waals surface area contributed by atoms with Gasteiger partial charge in [0.25, 0.3) is 0 Å². The number of hydrogen-bond donors (Lipinski definition) is 2. The van der Waals surface area contributed by atoms with Gasteiger partial charge in [0.05, 0.1) is 11.1 Å². The molecule has 2 aromatic carbocycles. The van der Waals surface area contributed by atoms with Crippen LogP contribution in [0.25, 0.3) is 10.9 Å². The van der Waals surface area contributed by atoms with E-state index in [2.05, 4.69) is 4.98 Å². The fourth-order valence-corrected chi connectivity index (χ4v) is 2.54. The molecule has 1 amide bonds. The number of hydrogen-bond acceptors (Lipinski definition) is 6. The van der Waals surface area contributed by atoms with Gasteiger partial charge in [0, 0.05) is 5.39 Å². The predicted molar refractivity (Wildman–Crippen MR) is 117 cm³/mol. The molecule has 0 spiro atoms. The molecule has 0 saturated heterocycles. The summed E-state index contributed by atoms with van der Waals surface area (Å²) in [5, 5.41) is 8.27. The van der Waals surface area contributed by atoms with Crippen molar-refractivity contribution in [2.24, 2.45) is 5.73 Å². The smallest absolute Gasteiger partial charge is 0.442 e. The molecular formula is C20H17Cl2F3N4O4. The lowest BCUT2D eigenvalue weighted by Gasteiger charge is -2.18. The van der Waals surface area contributed by atoms with E-state index in [-0.39, 0.29) is 41.1 Å². The van der Waals surface area contributed by atoms with Gasteiger partial charge in [-0.15, -0.1) is 24.8 Å².